The Bertz CT molecular complexity index is 755. The van der Waals surface area contributed by atoms with Crippen molar-refractivity contribution in [3.63, 3.8) is 0 Å². The molecule has 0 radical (unpaired) electrons. The molecule has 110 valence electrons. The lowest BCUT2D eigenvalue weighted by Crippen LogP contribution is -2.21. The van der Waals surface area contributed by atoms with E-state index in [9.17, 15) is 8.42 Å². The summed E-state index contributed by atoms with van der Waals surface area (Å²) >= 11 is 6.00. The molecule has 0 fully saturated rings. The van der Waals surface area contributed by atoms with Gasteiger partial charge in [-0.15, -0.1) is 0 Å². The highest BCUT2D eigenvalue weighted by molar-refractivity contribution is 7.89. The monoisotopic (exact) mass is 322 g/mol. The SMILES string of the molecule is Cc1ccc(S(=O)(=O)N(C)/N=C/c2ccccc2Cl)cc1. The highest BCUT2D eigenvalue weighted by atomic mass is 35.5. The molecule has 0 saturated heterocycles. The standard InChI is InChI=1S/C15H15ClN2O2S/c1-12-7-9-14(10-8-12)21(19,20)18(2)17-11-13-5-3-4-6-15(13)16/h3-11H,1-2H3/b17-11+. The minimum atomic E-state index is -3.65. The second kappa shape index (κ2) is 6.28. The first-order chi connectivity index (χ1) is 9.91. The fourth-order valence-corrected chi connectivity index (χ4v) is 2.79. The summed E-state index contributed by atoms with van der Waals surface area (Å²) in [6, 6.07) is 13.7. The van der Waals surface area contributed by atoms with Crippen molar-refractivity contribution in [1.82, 2.24) is 4.41 Å². The zero-order chi connectivity index (χ0) is 15.5. The van der Waals surface area contributed by atoms with Gasteiger partial charge in [0.1, 0.15) is 0 Å². The van der Waals surface area contributed by atoms with E-state index in [2.05, 4.69) is 5.10 Å². The molecule has 2 aromatic rings. The van der Waals surface area contributed by atoms with Crippen molar-refractivity contribution in [2.75, 3.05) is 7.05 Å². The number of nitrogens with zero attached hydrogens (tertiary/aromatic N) is 2. The van der Waals surface area contributed by atoms with E-state index in [1.807, 2.05) is 13.0 Å². The number of hydrogen-bond donors (Lipinski definition) is 0. The molecular weight excluding hydrogens is 308 g/mol. The minimum absolute atomic E-state index is 0.201. The van der Waals surface area contributed by atoms with Crippen LogP contribution in [-0.4, -0.2) is 26.1 Å². The normalized spacial score (nSPS) is 11.8. The van der Waals surface area contributed by atoms with Gasteiger partial charge in [0.25, 0.3) is 10.0 Å². The van der Waals surface area contributed by atoms with E-state index in [0.29, 0.717) is 10.6 Å². The highest BCUT2D eigenvalue weighted by Gasteiger charge is 2.18. The van der Waals surface area contributed by atoms with E-state index >= 15 is 0 Å². The topological polar surface area (TPSA) is 49.7 Å². The zero-order valence-corrected chi connectivity index (χ0v) is 13.3. The maximum Gasteiger partial charge on any atom is 0.278 e. The Morgan fingerprint density at radius 3 is 2.33 bits per heavy atom. The molecule has 0 spiro atoms. The van der Waals surface area contributed by atoms with Crippen LogP contribution in [0.2, 0.25) is 5.02 Å². The van der Waals surface area contributed by atoms with Crippen molar-refractivity contribution in [2.24, 2.45) is 5.10 Å². The third-order valence-corrected chi connectivity index (χ3v) is 4.93. The molecule has 0 N–H and O–H groups in total. The molecule has 21 heavy (non-hydrogen) atoms. The van der Waals surface area contributed by atoms with Crippen LogP contribution in [0.3, 0.4) is 0 Å². The number of rotatable bonds is 4. The summed E-state index contributed by atoms with van der Waals surface area (Å²) in [5.41, 5.74) is 1.65. The molecule has 6 heteroatoms. The van der Waals surface area contributed by atoms with Gasteiger partial charge >= 0.3 is 0 Å². The van der Waals surface area contributed by atoms with Crippen LogP contribution in [0.1, 0.15) is 11.1 Å². The van der Waals surface area contributed by atoms with Gasteiger partial charge in [-0.05, 0) is 25.1 Å². The lowest BCUT2D eigenvalue weighted by molar-refractivity contribution is 0.491. The number of benzene rings is 2. The predicted molar refractivity (Wildman–Crippen MR) is 85.2 cm³/mol. The van der Waals surface area contributed by atoms with Gasteiger partial charge in [0.2, 0.25) is 0 Å². The number of sulfonamides is 1. The quantitative estimate of drug-likeness (QED) is 0.640. The van der Waals surface area contributed by atoms with E-state index in [1.165, 1.54) is 13.3 Å². The second-order valence-electron chi connectivity index (χ2n) is 4.52. The fourth-order valence-electron chi connectivity index (χ4n) is 1.65. The van der Waals surface area contributed by atoms with Crippen LogP contribution >= 0.6 is 11.6 Å². The molecule has 0 saturated carbocycles. The van der Waals surface area contributed by atoms with E-state index in [4.69, 9.17) is 11.6 Å². The molecule has 2 rings (SSSR count). The molecule has 0 aliphatic carbocycles. The molecule has 0 aromatic heterocycles. The van der Waals surface area contributed by atoms with Gasteiger partial charge in [-0.25, -0.2) is 0 Å². The molecule has 0 amide bonds. The second-order valence-corrected chi connectivity index (χ2v) is 6.88. The van der Waals surface area contributed by atoms with E-state index in [0.717, 1.165) is 9.98 Å². The molecule has 0 aliphatic heterocycles. The summed E-state index contributed by atoms with van der Waals surface area (Å²) in [5, 5.41) is 4.48. The van der Waals surface area contributed by atoms with Gasteiger partial charge in [0.15, 0.2) is 0 Å². The number of hydrazone groups is 1. The average Bonchev–Trinajstić information content (AvgIpc) is 2.46. The maximum atomic E-state index is 12.3. The van der Waals surface area contributed by atoms with Crippen LogP contribution < -0.4 is 0 Å². The molecule has 4 nitrogen and oxygen atoms in total. The fraction of sp³-hybridized carbons (Fsp3) is 0.133. The summed E-state index contributed by atoms with van der Waals surface area (Å²) in [6.07, 6.45) is 1.42. The summed E-state index contributed by atoms with van der Waals surface area (Å²) < 4.78 is 25.6. The van der Waals surface area contributed by atoms with Crippen LogP contribution in [0.4, 0.5) is 0 Å². The van der Waals surface area contributed by atoms with Gasteiger partial charge < -0.3 is 0 Å². The van der Waals surface area contributed by atoms with Gasteiger partial charge in [0, 0.05) is 17.6 Å². The van der Waals surface area contributed by atoms with E-state index < -0.39 is 10.0 Å². The summed E-state index contributed by atoms with van der Waals surface area (Å²) in [4.78, 5) is 0.201. The minimum Gasteiger partial charge on any atom is -0.200 e. The molecule has 2 aromatic carbocycles. The van der Waals surface area contributed by atoms with Crippen molar-refractivity contribution in [1.29, 1.82) is 0 Å². The Labute approximate surface area is 129 Å². The van der Waals surface area contributed by atoms with Crippen molar-refractivity contribution < 1.29 is 8.42 Å². The first-order valence-electron chi connectivity index (χ1n) is 6.25. The first-order valence-corrected chi connectivity index (χ1v) is 8.07. The zero-order valence-electron chi connectivity index (χ0n) is 11.7. The Morgan fingerprint density at radius 1 is 1.10 bits per heavy atom. The summed E-state index contributed by atoms with van der Waals surface area (Å²) in [7, 11) is -2.26. The maximum absolute atomic E-state index is 12.3. The summed E-state index contributed by atoms with van der Waals surface area (Å²) in [5.74, 6) is 0. The Balaban J connectivity index is 2.25. The molecule has 0 unspecified atom stereocenters. The van der Waals surface area contributed by atoms with Crippen molar-refractivity contribution in [2.45, 2.75) is 11.8 Å². The predicted octanol–water partition coefficient (Wildman–Crippen LogP) is 3.30. The van der Waals surface area contributed by atoms with E-state index in [1.54, 1.807) is 42.5 Å². The van der Waals surface area contributed by atoms with Crippen LogP contribution in [0, 0.1) is 6.92 Å². The lowest BCUT2D eigenvalue weighted by Gasteiger charge is -2.13. The molecule has 0 heterocycles. The highest BCUT2D eigenvalue weighted by Crippen LogP contribution is 2.16. The van der Waals surface area contributed by atoms with Gasteiger partial charge in [-0.3, -0.25) is 0 Å². The molecular formula is C15H15ClN2O2S. The van der Waals surface area contributed by atoms with Crippen molar-refractivity contribution in [3.8, 4) is 0 Å². The smallest absolute Gasteiger partial charge is 0.200 e. The Hall–Kier alpha value is -1.85. The Morgan fingerprint density at radius 2 is 1.71 bits per heavy atom. The largest absolute Gasteiger partial charge is 0.278 e. The lowest BCUT2D eigenvalue weighted by atomic mass is 10.2. The van der Waals surface area contributed by atoms with Crippen molar-refractivity contribution in [3.05, 3.63) is 64.7 Å². The van der Waals surface area contributed by atoms with E-state index in [-0.39, 0.29) is 4.90 Å². The third-order valence-electron chi connectivity index (χ3n) is 2.93. The van der Waals surface area contributed by atoms with Crippen LogP contribution in [-0.2, 0) is 10.0 Å². The number of aryl methyl sites for hydroxylation is 1. The van der Waals surface area contributed by atoms with Crippen LogP contribution in [0.15, 0.2) is 58.5 Å². The first kappa shape index (κ1) is 15.5. The summed E-state index contributed by atoms with van der Waals surface area (Å²) in [6.45, 7) is 1.90. The molecule has 0 aliphatic rings. The van der Waals surface area contributed by atoms with Gasteiger partial charge in [-0.1, -0.05) is 47.5 Å². The average molecular weight is 323 g/mol. The molecule has 0 bridgehead atoms. The van der Waals surface area contributed by atoms with Gasteiger partial charge in [-0.2, -0.15) is 17.9 Å². The van der Waals surface area contributed by atoms with Gasteiger partial charge in [0.05, 0.1) is 11.1 Å². The number of halogens is 1. The van der Waals surface area contributed by atoms with Crippen LogP contribution in [0.25, 0.3) is 0 Å². The third kappa shape index (κ3) is 3.62. The Kier molecular flexibility index (Phi) is 4.65. The number of hydrogen-bond acceptors (Lipinski definition) is 3. The molecule has 0 atom stereocenters. The van der Waals surface area contributed by atoms with Crippen molar-refractivity contribution >= 4 is 27.8 Å². The van der Waals surface area contributed by atoms with Crippen LogP contribution in [0.5, 0.6) is 0 Å².